The molecule has 6 nitrogen and oxygen atoms in total. The first-order chi connectivity index (χ1) is 11.4. The van der Waals surface area contributed by atoms with E-state index in [1.54, 1.807) is 6.08 Å². The lowest BCUT2D eigenvalue weighted by atomic mass is 9.87. The Hall–Kier alpha value is -2.11. The van der Waals surface area contributed by atoms with Gasteiger partial charge >= 0.3 is 6.09 Å². The van der Waals surface area contributed by atoms with Gasteiger partial charge in [0.15, 0.2) is 0 Å². The van der Waals surface area contributed by atoms with Gasteiger partial charge in [0.25, 0.3) is 5.91 Å². The number of amides is 2. The van der Waals surface area contributed by atoms with Crippen molar-refractivity contribution in [3.63, 3.8) is 0 Å². The Labute approximate surface area is 142 Å². The predicted octanol–water partition coefficient (Wildman–Crippen LogP) is 3.56. The zero-order chi connectivity index (χ0) is 17.3. The number of hydrogen-bond acceptors (Lipinski definition) is 3. The van der Waals surface area contributed by atoms with Crippen molar-refractivity contribution in [2.45, 2.75) is 52.0 Å². The van der Waals surface area contributed by atoms with Crippen LogP contribution in [0.2, 0.25) is 0 Å². The van der Waals surface area contributed by atoms with Crippen LogP contribution in [0.15, 0.2) is 18.1 Å². The second-order valence-electron chi connectivity index (χ2n) is 7.34. The van der Waals surface area contributed by atoms with E-state index in [1.165, 1.54) is 12.8 Å². The minimum absolute atomic E-state index is 0.131. The third-order valence-electron chi connectivity index (χ3n) is 5.16. The SMILES string of the molecule is CC1CCC(n2cnc(C=C3C[C@@H](C)CN(C(=O)O)C3=O)c2)CC1. The van der Waals surface area contributed by atoms with Crippen LogP contribution in [-0.2, 0) is 4.79 Å². The van der Waals surface area contributed by atoms with E-state index < -0.39 is 12.0 Å². The van der Waals surface area contributed by atoms with Crippen LogP contribution in [0.5, 0.6) is 0 Å². The Morgan fingerprint density at radius 3 is 2.62 bits per heavy atom. The van der Waals surface area contributed by atoms with Gasteiger partial charge in [-0.1, -0.05) is 13.8 Å². The number of piperidine rings is 1. The van der Waals surface area contributed by atoms with E-state index in [1.807, 2.05) is 19.4 Å². The van der Waals surface area contributed by atoms with Crippen LogP contribution in [-0.4, -0.2) is 38.1 Å². The molecule has 2 aliphatic rings. The van der Waals surface area contributed by atoms with Gasteiger partial charge in [0, 0.05) is 24.4 Å². The minimum atomic E-state index is -1.18. The van der Waals surface area contributed by atoms with E-state index in [-0.39, 0.29) is 12.5 Å². The summed E-state index contributed by atoms with van der Waals surface area (Å²) in [5.41, 5.74) is 1.26. The largest absolute Gasteiger partial charge is 0.465 e. The van der Waals surface area contributed by atoms with Crippen LogP contribution in [0.25, 0.3) is 6.08 Å². The average molecular weight is 331 g/mol. The summed E-state index contributed by atoms with van der Waals surface area (Å²) in [6.45, 7) is 4.52. The summed E-state index contributed by atoms with van der Waals surface area (Å²) in [5, 5.41) is 9.16. The third kappa shape index (κ3) is 3.52. The molecule has 1 saturated heterocycles. The smallest absolute Gasteiger partial charge is 0.414 e. The number of likely N-dealkylation sites (tertiary alicyclic amines) is 1. The van der Waals surface area contributed by atoms with Crippen LogP contribution in [0.1, 0.15) is 57.7 Å². The van der Waals surface area contributed by atoms with E-state index in [2.05, 4.69) is 16.5 Å². The van der Waals surface area contributed by atoms with E-state index in [9.17, 15) is 9.59 Å². The molecule has 2 heterocycles. The molecule has 0 aromatic carbocycles. The van der Waals surface area contributed by atoms with Crippen molar-refractivity contribution in [1.29, 1.82) is 0 Å². The van der Waals surface area contributed by atoms with Gasteiger partial charge in [-0.15, -0.1) is 0 Å². The Morgan fingerprint density at radius 2 is 1.96 bits per heavy atom. The van der Waals surface area contributed by atoms with Crippen molar-refractivity contribution >= 4 is 18.1 Å². The van der Waals surface area contributed by atoms with Crippen molar-refractivity contribution in [3.05, 3.63) is 23.8 Å². The number of carbonyl (C=O) groups excluding carboxylic acids is 1. The lowest BCUT2D eigenvalue weighted by molar-refractivity contribution is -0.127. The van der Waals surface area contributed by atoms with E-state index in [0.717, 1.165) is 29.4 Å². The number of imide groups is 1. The van der Waals surface area contributed by atoms with Crippen LogP contribution in [0.4, 0.5) is 4.79 Å². The van der Waals surface area contributed by atoms with Crippen molar-refractivity contribution in [2.24, 2.45) is 11.8 Å². The third-order valence-corrected chi connectivity index (χ3v) is 5.16. The average Bonchev–Trinajstić information content (AvgIpc) is 2.99. The first-order valence-corrected chi connectivity index (χ1v) is 8.73. The molecule has 130 valence electrons. The fourth-order valence-corrected chi connectivity index (χ4v) is 3.73. The van der Waals surface area contributed by atoms with E-state index >= 15 is 0 Å². The molecule has 1 saturated carbocycles. The molecule has 3 rings (SSSR count). The molecule has 0 bridgehead atoms. The molecule has 0 radical (unpaired) electrons. The van der Waals surface area contributed by atoms with Gasteiger partial charge in [0.2, 0.25) is 0 Å². The summed E-state index contributed by atoms with van der Waals surface area (Å²) in [5.74, 6) is 0.517. The van der Waals surface area contributed by atoms with Crippen molar-refractivity contribution < 1.29 is 14.7 Å². The topological polar surface area (TPSA) is 75.4 Å². The standard InChI is InChI=1S/C18H25N3O3/c1-12-3-5-16(6-4-12)20-10-15(19-11-20)8-14-7-13(2)9-21(17(14)22)18(23)24/h8,10-13,16H,3-7,9H2,1-2H3,(H,23,24)/t12?,13-,16?/m1/s1. The summed E-state index contributed by atoms with van der Waals surface area (Å²) in [6.07, 6.45) is 9.77. The lowest BCUT2D eigenvalue weighted by Crippen LogP contribution is -2.43. The molecule has 1 aliphatic carbocycles. The molecular weight excluding hydrogens is 306 g/mol. The van der Waals surface area contributed by atoms with Crippen LogP contribution < -0.4 is 0 Å². The number of carbonyl (C=O) groups is 2. The number of rotatable bonds is 2. The molecule has 1 N–H and O–H groups in total. The van der Waals surface area contributed by atoms with Gasteiger partial charge in [-0.25, -0.2) is 14.7 Å². The first-order valence-electron chi connectivity index (χ1n) is 8.73. The van der Waals surface area contributed by atoms with Gasteiger partial charge in [-0.05, 0) is 50.0 Å². The molecule has 2 fully saturated rings. The number of nitrogens with zero attached hydrogens (tertiary/aromatic N) is 3. The minimum Gasteiger partial charge on any atom is -0.465 e. The summed E-state index contributed by atoms with van der Waals surface area (Å²) in [7, 11) is 0. The van der Waals surface area contributed by atoms with Crippen LogP contribution in [0, 0.1) is 11.8 Å². The van der Waals surface area contributed by atoms with E-state index in [4.69, 9.17) is 5.11 Å². The maximum atomic E-state index is 12.3. The lowest BCUT2D eigenvalue weighted by Gasteiger charge is -2.28. The predicted molar refractivity (Wildman–Crippen MR) is 90.4 cm³/mol. The van der Waals surface area contributed by atoms with Crippen molar-refractivity contribution in [1.82, 2.24) is 14.5 Å². The zero-order valence-electron chi connectivity index (χ0n) is 14.3. The van der Waals surface area contributed by atoms with Gasteiger partial charge in [0.1, 0.15) is 0 Å². The summed E-state index contributed by atoms with van der Waals surface area (Å²) in [4.78, 5) is 28.8. The number of imidazole rings is 1. The molecular formula is C18H25N3O3. The Kier molecular flexibility index (Phi) is 4.73. The Bertz CT molecular complexity index is 656. The maximum Gasteiger partial charge on any atom is 0.414 e. The molecule has 24 heavy (non-hydrogen) atoms. The van der Waals surface area contributed by atoms with Crippen molar-refractivity contribution in [3.8, 4) is 0 Å². The molecule has 1 aliphatic heterocycles. The quantitative estimate of drug-likeness (QED) is 0.841. The van der Waals surface area contributed by atoms with E-state index in [0.29, 0.717) is 18.0 Å². The molecule has 2 amide bonds. The highest BCUT2D eigenvalue weighted by Gasteiger charge is 2.31. The highest BCUT2D eigenvalue weighted by molar-refractivity contribution is 6.05. The molecule has 6 heteroatoms. The Balaban J connectivity index is 1.76. The second kappa shape index (κ2) is 6.79. The number of carboxylic acid groups (broad SMARTS) is 1. The number of aromatic nitrogens is 2. The molecule has 0 spiro atoms. The zero-order valence-corrected chi connectivity index (χ0v) is 14.3. The Morgan fingerprint density at radius 1 is 1.25 bits per heavy atom. The monoisotopic (exact) mass is 331 g/mol. The van der Waals surface area contributed by atoms with Gasteiger partial charge < -0.3 is 9.67 Å². The fraction of sp³-hybridized carbons (Fsp3) is 0.611. The fourth-order valence-electron chi connectivity index (χ4n) is 3.73. The highest BCUT2D eigenvalue weighted by Crippen LogP contribution is 2.32. The normalized spacial score (nSPS) is 29.9. The van der Waals surface area contributed by atoms with Gasteiger partial charge in [-0.3, -0.25) is 4.79 Å². The number of hydrogen-bond donors (Lipinski definition) is 1. The molecule has 1 aromatic heterocycles. The second-order valence-corrected chi connectivity index (χ2v) is 7.34. The van der Waals surface area contributed by atoms with Crippen molar-refractivity contribution in [2.75, 3.05) is 6.54 Å². The van der Waals surface area contributed by atoms with Gasteiger partial charge in [-0.2, -0.15) is 0 Å². The summed E-state index contributed by atoms with van der Waals surface area (Å²) >= 11 is 0. The van der Waals surface area contributed by atoms with Crippen LogP contribution in [0.3, 0.4) is 0 Å². The van der Waals surface area contributed by atoms with Gasteiger partial charge in [0.05, 0.1) is 12.0 Å². The highest BCUT2D eigenvalue weighted by atomic mass is 16.4. The molecule has 1 aromatic rings. The molecule has 1 atom stereocenters. The van der Waals surface area contributed by atoms with Crippen LogP contribution >= 0.6 is 0 Å². The maximum absolute atomic E-state index is 12.3. The first kappa shape index (κ1) is 16.7. The summed E-state index contributed by atoms with van der Waals surface area (Å²) in [6, 6.07) is 0.484. The summed E-state index contributed by atoms with van der Waals surface area (Å²) < 4.78 is 2.14. The molecule has 0 unspecified atom stereocenters.